The van der Waals surface area contributed by atoms with Crippen LogP contribution in [0, 0.1) is 5.92 Å². The molecule has 1 rings (SSSR count). The molecule has 1 aliphatic heterocycles. The summed E-state index contributed by atoms with van der Waals surface area (Å²) in [6.07, 6.45) is 0.185. The monoisotopic (exact) mass is 235 g/mol. The van der Waals surface area contributed by atoms with Crippen LogP contribution in [0.4, 0.5) is 0 Å². The Kier molecular flexibility index (Phi) is 3.72. The largest absolute Gasteiger partial charge is 0.480 e. The SMILES string of the molecule is CC(C)CS(=O)(=O)[C@H]1CN[C@H](C(=O)O)C1. The van der Waals surface area contributed by atoms with Crippen LogP contribution in [0.5, 0.6) is 0 Å². The number of sulfone groups is 1. The van der Waals surface area contributed by atoms with Gasteiger partial charge in [-0.05, 0) is 12.3 Å². The molecule has 0 bridgehead atoms. The number of aliphatic carboxylic acids is 1. The van der Waals surface area contributed by atoms with E-state index in [2.05, 4.69) is 5.32 Å². The maximum atomic E-state index is 11.8. The van der Waals surface area contributed by atoms with Gasteiger partial charge < -0.3 is 10.4 Å². The average molecular weight is 235 g/mol. The molecule has 0 aliphatic carbocycles. The Labute approximate surface area is 89.8 Å². The lowest BCUT2D eigenvalue weighted by Crippen LogP contribution is -2.30. The van der Waals surface area contributed by atoms with Crippen LogP contribution in [0.25, 0.3) is 0 Å². The van der Waals surface area contributed by atoms with E-state index in [1.54, 1.807) is 0 Å². The molecule has 0 saturated carbocycles. The van der Waals surface area contributed by atoms with E-state index in [1.165, 1.54) is 0 Å². The van der Waals surface area contributed by atoms with Crippen molar-refractivity contribution < 1.29 is 18.3 Å². The Hall–Kier alpha value is -0.620. The fourth-order valence-electron chi connectivity index (χ4n) is 1.77. The van der Waals surface area contributed by atoms with Gasteiger partial charge in [-0.2, -0.15) is 0 Å². The van der Waals surface area contributed by atoms with Crippen molar-refractivity contribution in [3.05, 3.63) is 0 Å². The van der Waals surface area contributed by atoms with Crippen LogP contribution < -0.4 is 5.32 Å². The first kappa shape index (κ1) is 12.4. The molecule has 0 aromatic heterocycles. The summed E-state index contributed by atoms with van der Waals surface area (Å²) in [6.45, 7) is 3.94. The first-order valence-electron chi connectivity index (χ1n) is 5.00. The van der Waals surface area contributed by atoms with Crippen molar-refractivity contribution >= 4 is 15.8 Å². The summed E-state index contributed by atoms with van der Waals surface area (Å²) in [7, 11) is -3.15. The third-order valence-electron chi connectivity index (χ3n) is 2.46. The minimum Gasteiger partial charge on any atom is -0.480 e. The minimum atomic E-state index is -3.15. The molecular weight excluding hydrogens is 218 g/mol. The van der Waals surface area contributed by atoms with E-state index < -0.39 is 27.1 Å². The van der Waals surface area contributed by atoms with E-state index in [9.17, 15) is 13.2 Å². The molecule has 1 fully saturated rings. The average Bonchev–Trinajstić information content (AvgIpc) is 2.48. The van der Waals surface area contributed by atoms with Crippen molar-refractivity contribution in [1.29, 1.82) is 0 Å². The van der Waals surface area contributed by atoms with Gasteiger partial charge in [0.25, 0.3) is 0 Å². The molecule has 2 N–H and O–H groups in total. The van der Waals surface area contributed by atoms with Crippen molar-refractivity contribution in [2.24, 2.45) is 5.92 Å². The van der Waals surface area contributed by atoms with Crippen molar-refractivity contribution in [3.63, 3.8) is 0 Å². The molecular formula is C9H17NO4S. The Morgan fingerprint density at radius 3 is 2.53 bits per heavy atom. The Bertz CT molecular complexity index is 336. The number of hydrogen-bond acceptors (Lipinski definition) is 4. The number of hydrogen-bond donors (Lipinski definition) is 2. The van der Waals surface area contributed by atoms with Gasteiger partial charge >= 0.3 is 5.97 Å². The van der Waals surface area contributed by atoms with E-state index >= 15 is 0 Å². The zero-order valence-corrected chi connectivity index (χ0v) is 9.75. The topological polar surface area (TPSA) is 83.5 Å². The summed E-state index contributed by atoms with van der Waals surface area (Å²) in [4.78, 5) is 10.6. The molecule has 2 atom stereocenters. The molecule has 0 aromatic carbocycles. The normalized spacial score (nSPS) is 27.1. The zero-order valence-electron chi connectivity index (χ0n) is 8.93. The van der Waals surface area contributed by atoms with Crippen LogP contribution in [0.15, 0.2) is 0 Å². The number of carbonyl (C=O) groups is 1. The first-order chi connectivity index (χ1) is 6.83. The maximum Gasteiger partial charge on any atom is 0.320 e. The molecule has 0 spiro atoms. The summed E-state index contributed by atoms with van der Waals surface area (Å²) < 4.78 is 23.6. The number of nitrogens with one attached hydrogen (secondary N) is 1. The van der Waals surface area contributed by atoms with E-state index in [0.29, 0.717) is 0 Å². The van der Waals surface area contributed by atoms with Crippen molar-refractivity contribution in [3.8, 4) is 0 Å². The Morgan fingerprint density at radius 2 is 2.13 bits per heavy atom. The number of carboxylic acid groups (broad SMARTS) is 1. The highest BCUT2D eigenvalue weighted by Gasteiger charge is 2.37. The second-order valence-electron chi connectivity index (χ2n) is 4.38. The molecule has 1 saturated heterocycles. The molecule has 0 unspecified atom stereocenters. The van der Waals surface area contributed by atoms with Crippen molar-refractivity contribution in [1.82, 2.24) is 5.32 Å². The maximum absolute atomic E-state index is 11.8. The quantitative estimate of drug-likeness (QED) is 0.709. The van der Waals surface area contributed by atoms with Gasteiger partial charge in [-0.3, -0.25) is 4.79 Å². The smallest absolute Gasteiger partial charge is 0.320 e. The van der Waals surface area contributed by atoms with E-state index in [-0.39, 0.29) is 24.6 Å². The summed E-state index contributed by atoms with van der Waals surface area (Å²) >= 11 is 0. The third-order valence-corrected chi connectivity index (χ3v) is 4.97. The molecule has 88 valence electrons. The van der Waals surface area contributed by atoms with Gasteiger partial charge in [0, 0.05) is 6.54 Å². The van der Waals surface area contributed by atoms with Gasteiger partial charge in [0.2, 0.25) is 0 Å². The van der Waals surface area contributed by atoms with Crippen LogP contribution in [-0.4, -0.2) is 43.1 Å². The zero-order chi connectivity index (χ0) is 11.6. The summed E-state index contributed by atoms with van der Waals surface area (Å²) in [5.74, 6) is -0.762. The molecule has 0 radical (unpaired) electrons. The molecule has 6 heteroatoms. The van der Waals surface area contributed by atoms with Gasteiger partial charge in [0.05, 0.1) is 11.0 Å². The lowest BCUT2D eigenvalue weighted by molar-refractivity contribution is -0.139. The molecule has 1 aliphatic rings. The van der Waals surface area contributed by atoms with Crippen LogP contribution >= 0.6 is 0 Å². The summed E-state index contributed by atoms with van der Waals surface area (Å²) in [6, 6.07) is -0.711. The first-order valence-corrected chi connectivity index (χ1v) is 6.72. The minimum absolute atomic E-state index is 0.0823. The highest BCUT2D eigenvalue weighted by atomic mass is 32.2. The van der Waals surface area contributed by atoms with Gasteiger partial charge in [0.15, 0.2) is 9.84 Å². The lowest BCUT2D eigenvalue weighted by atomic mass is 10.2. The van der Waals surface area contributed by atoms with Crippen LogP contribution in [0.1, 0.15) is 20.3 Å². The molecule has 1 heterocycles. The predicted molar refractivity (Wildman–Crippen MR) is 56.5 cm³/mol. The van der Waals surface area contributed by atoms with E-state index in [0.717, 1.165) is 0 Å². The highest BCUT2D eigenvalue weighted by Crippen LogP contribution is 2.17. The van der Waals surface area contributed by atoms with Crippen molar-refractivity contribution in [2.45, 2.75) is 31.6 Å². The summed E-state index contributed by atoms with van der Waals surface area (Å²) in [5, 5.41) is 10.9. The lowest BCUT2D eigenvalue weighted by Gasteiger charge is -2.12. The Balaban J connectivity index is 2.64. The molecule has 0 aromatic rings. The Morgan fingerprint density at radius 1 is 1.53 bits per heavy atom. The van der Waals surface area contributed by atoms with E-state index in [1.807, 2.05) is 13.8 Å². The van der Waals surface area contributed by atoms with Gasteiger partial charge in [-0.25, -0.2) is 8.42 Å². The predicted octanol–water partition coefficient (Wildman–Crippen LogP) is -0.128. The van der Waals surface area contributed by atoms with Gasteiger partial charge in [0.1, 0.15) is 6.04 Å². The standard InChI is InChI=1S/C9H17NO4S/c1-6(2)5-15(13,14)7-3-8(9(11)12)10-4-7/h6-8,10H,3-5H2,1-2H3,(H,11,12)/t7-,8+/m1/s1. The number of rotatable bonds is 4. The molecule has 5 nitrogen and oxygen atoms in total. The van der Waals surface area contributed by atoms with Crippen LogP contribution in [0.3, 0.4) is 0 Å². The number of carboxylic acids is 1. The fraction of sp³-hybridized carbons (Fsp3) is 0.889. The van der Waals surface area contributed by atoms with Gasteiger partial charge in [-0.1, -0.05) is 13.8 Å². The van der Waals surface area contributed by atoms with Crippen molar-refractivity contribution in [2.75, 3.05) is 12.3 Å². The third kappa shape index (κ3) is 3.17. The highest BCUT2D eigenvalue weighted by molar-refractivity contribution is 7.92. The second kappa shape index (κ2) is 4.49. The molecule has 0 amide bonds. The second-order valence-corrected chi connectivity index (χ2v) is 6.71. The summed E-state index contributed by atoms with van der Waals surface area (Å²) in [5.41, 5.74) is 0. The van der Waals surface area contributed by atoms with E-state index in [4.69, 9.17) is 5.11 Å². The fourth-order valence-corrected chi connectivity index (χ4v) is 3.80. The van der Waals surface area contributed by atoms with Crippen LogP contribution in [0.2, 0.25) is 0 Å². The van der Waals surface area contributed by atoms with Gasteiger partial charge in [-0.15, -0.1) is 0 Å². The molecule has 15 heavy (non-hydrogen) atoms. The van der Waals surface area contributed by atoms with Crippen LogP contribution in [-0.2, 0) is 14.6 Å².